The molecule has 2 aromatic carbocycles. The molecule has 0 heterocycles. The maximum Gasteiger partial charge on any atom is 0.191 e. The molecule has 0 bridgehead atoms. The number of rotatable bonds is 6. The number of ketones is 1. The van der Waals surface area contributed by atoms with Gasteiger partial charge in [-0.3, -0.25) is 4.79 Å². The third kappa shape index (κ3) is 4.27. The molecule has 5 heteroatoms. The van der Waals surface area contributed by atoms with Gasteiger partial charge in [0.15, 0.2) is 5.78 Å². The van der Waals surface area contributed by atoms with Crippen LogP contribution in [0.3, 0.4) is 0 Å². The lowest BCUT2D eigenvalue weighted by Crippen LogP contribution is -2.01. The third-order valence-corrected chi connectivity index (χ3v) is 3.58. The Hall–Kier alpha value is -2.46. The van der Waals surface area contributed by atoms with Gasteiger partial charge in [-0.15, -0.1) is 0 Å². The van der Waals surface area contributed by atoms with Gasteiger partial charge < -0.3 is 14.8 Å². The zero-order valence-corrected chi connectivity index (χ0v) is 14.0. The number of ether oxygens (including phenoxy) is 2. The van der Waals surface area contributed by atoms with E-state index >= 15 is 0 Å². The van der Waals surface area contributed by atoms with Crippen molar-refractivity contribution in [2.24, 2.45) is 0 Å². The number of nitrogens with one attached hydrogen (secondary N) is 1. The van der Waals surface area contributed by atoms with Crippen LogP contribution in [0.2, 0.25) is 5.02 Å². The van der Waals surface area contributed by atoms with Crippen LogP contribution in [0.15, 0.2) is 48.7 Å². The fourth-order valence-electron chi connectivity index (χ4n) is 2.05. The van der Waals surface area contributed by atoms with Crippen molar-refractivity contribution in [2.75, 3.05) is 19.5 Å². The Morgan fingerprint density at radius 2 is 1.91 bits per heavy atom. The lowest BCUT2D eigenvalue weighted by Gasteiger charge is -2.08. The SMILES string of the molecule is COc1ccc(OC)c(C(=O)C=CNc2cc(Cl)ccc2C)c1. The van der Waals surface area contributed by atoms with Gasteiger partial charge in [-0.05, 0) is 42.8 Å². The number of halogens is 1. The van der Waals surface area contributed by atoms with Gasteiger partial charge in [-0.25, -0.2) is 0 Å². The Balaban J connectivity index is 2.17. The first kappa shape index (κ1) is 16.9. The average Bonchev–Trinajstić information content (AvgIpc) is 2.57. The van der Waals surface area contributed by atoms with E-state index in [4.69, 9.17) is 21.1 Å². The van der Waals surface area contributed by atoms with Crippen LogP contribution in [0.25, 0.3) is 0 Å². The molecule has 2 rings (SSSR count). The molecule has 0 aliphatic rings. The molecule has 0 aromatic heterocycles. The molecule has 0 spiro atoms. The lowest BCUT2D eigenvalue weighted by molar-refractivity contribution is 0.104. The largest absolute Gasteiger partial charge is 0.497 e. The number of carbonyl (C=O) groups excluding carboxylic acids is 1. The van der Waals surface area contributed by atoms with Crippen molar-refractivity contribution in [2.45, 2.75) is 6.92 Å². The number of benzene rings is 2. The molecule has 0 saturated heterocycles. The second-order valence-corrected chi connectivity index (χ2v) is 5.30. The summed E-state index contributed by atoms with van der Waals surface area (Å²) >= 11 is 5.97. The van der Waals surface area contributed by atoms with Gasteiger partial charge in [0, 0.05) is 23.0 Å². The van der Waals surface area contributed by atoms with Gasteiger partial charge in [0.1, 0.15) is 11.5 Å². The zero-order chi connectivity index (χ0) is 16.8. The van der Waals surface area contributed by atoms with E-state index in [0.29, 0.717) is 22.1 Å². The minimum atomic E-state index is -0.187. The minimum absolute atomic E-state index is 0.187. The van der Waals surface area contributed by atoms with E-state index in [1.807, 2.05) is 19.1 Å². The Kier molecular flexibility index (Phi) is 5.66. The summed E-state index contributed by atoms with van der Waals surface area (Å²) in [5, 5.41) is 3.69. The van der Waals surface area contributed by atoms with Crippen molar-refractivity contribution in [3.05, 3.63) is 64.8 Å². The van der Waals surface area contributed by atoms with E-state index in [1.54, 1.807) is 37.6 Å². The van der Waals surface area contributed by atoms with Crippen LogP contribution in [-0.2, 0) is 0 Å². The van der Waals surface area contributed by atoms with Gasteiger partial charge in [0.05, 0.1) is 19.8 Å². The first-order chi connectivity index (χ1) is 11.0. The van der Waals surface area contributed by atoms with Crippen LogP contribution in [0, 0.1) is 6.92 Å². The highest BCUT2D eigenvalue weighted by atomic mass is 35.5. The van der Waals surface area contributed by atoms with Crippen LogP contribution >= 0.6 is 11.6 Å². The van der Waals surface area contributed by atoms with Crippen molar-refractivity contribution in [3.8, 4) is 11.5 Å². The minimum Gasteiger partial charge on any atom is -0.497 e. The second kappa shape index (κ2) is 7.70. The lowest BCUT2D eigenvalue weighted by atomic mass is 10.1. The van der Waals surface area contributed by atoms with Crippen molar-refractivity contribution in [3.63, 3.8) is 0 Å². The summed E-state index contributed by atoms with van der Waals surface area (Å²) in [5.74, 6) is 0.911. The van der Waals surface area contributed by atoms with Crippen LogP contribution in [-0.4, -0.2) is 20.0 Å². The number of carbonyl (C=O) groups is 1. The molecule has 0 aliphatic carbocycles. The average molecular weight is 332 g/mol. The van der Waals surface area contributed by atoms with Crippen molar-refractivity contribution in [1.82, 2.24) is 0 Å². The Morgan fingerprint density at radius 1 is 1.13 bits per heavy atom. The molecule has 0 fully saturated rings. The predicted molar refractivity (Wildman–Crippen MR) is 92.8 cm³/mol. The summed E-state index contributed by atoms with van der Waals surface area (Å²) in [6.07, 6.45) is 3.03. The van der Waals surface area contributed by atoms with E-state index in [1.165, 1.54) is 13.2 Å². The summed E-state index contributed by atoms with van der Waals surface area (Å²) in [7, 11) is 3.07. The van der Waals surface area contributed by atoms with Gasteiger partial charge in [-0.1, -0.05) is 17.7 Å². The number of aryl methyl sites for hydroxylation is 1. The third-order valence-electron chi connectivity index (χ3n) is 3.35. The Morgan fingerprint density at radius 3 is 2.61 bits per heavy atom. The summed E-state index contributed by atoms with van der Waals surface area (Å²) in [5.41, 5.74) is 2.32. The van der Waals surface area contributed by atoms with Crippen LogP contribution in [0.4, 0.5) is 5.69 Å². The zero-order valence-electron chi connectivity index (χ0n) is 13.2. The summed E-state index contributed by atoms with van der Waals surface area (Å²) in [4.78, 5) is 12.3. The molecule has 0 unspecified atom stereocenters. The standard InChI is InChI=1S/C18H18ClNO3/c1-12-4-5-13(19)10-16(12)20-9-8-17(21)15-11-14(22-2)6-7-18(15)23-3/h4-11,20H,1-3H3. The van der Waals surface area contributed by atoms with Crippen LogP contribution in [0.1, 0.15) is 15.9 Å². The van der Waals surface area contributed by atoms with E-state index in [0.717, 1.165) is 11.3 Å². The molecule has 0 atom stereocenters. The topological polar surface area (TPSA) is 47.6 Å². The van der Waals surface area contributed by atoms with E-state index in [9.17, 15) is 4.79 Å². The molecular formula is C18H18ClNO3. The highest BCUT2D eigenvalue weighted by Gasteiger charge is 2.11. The molecule has 0 radical (unpaired) electrons. The normalized spacial score (nSPS) is 10.6. The summed E-state index contributed by atoms with van der Waals surface area (Å²) in [6.45, 7) is 1.96. The predicted octanol–water partition coefficient (Wildman–Crippen LogP) is 4.47. The molecule has 0 saturated carbocycles. The highest BCUT2D eigenvalue weighted by molar-refractivity contribution is 6.30. The first-order valence-corrected chi connectivity index (χ1v) is 7.38. The Labute approximate surface area is 140 Å². The summed E-state index contributed by atoms with van der Waals surface area (Å²) < 4.78 is 10.4. The van der Waals surface area contributed by atoms with Gasteiger partial charge in [-0.2, -0.15) is 0 Å². The number of methoxy groups -OCH3 is 2. The maximum absolute atomic E-state index is 12.3. The van der Waals surface area contributed by atoms with Gasteiger partial charge in [0.25, 0.3) is 0 Å². The molecule has 0 amide bonds. The smallest absolute Gasteiger partial charge is 0.191 e. The monoisotopic (exact) mass is 331 g/mol. The van der Waals surface area contributed by atoms with Gasteiger partial charge >= 0.3 is 0 Å². The fraction of sp³-hybridized carbons (Fsp3) is 0.167. The van der Waals surface area contributed by atoms with Crippen molar-refractivity contribution in [1.29, 1.82) is 0 Å². The Bertz CT molecular complexity index is 741. The number of hydrogen-bond donors (Lipinski definition) is 1. The van der Waals surface area contributed by atoms with Crippen molar-refractivity contribution < 1.29 is 14.3 Å². The quantitative estimate of drug-likeness (QED) is 0.626. The number of hydrogen-bond acceptors (Lipinski definition) is 4. The highest BCUT2D eigenvalue weighted by Crippen LogP contribution is 2.25. The van der Waals surface area contributed by atoms with Crippen molar-refractivity contribution >= 4 is 23.1 Å². The van der Waals surface area contributed by atoms with Gasteiger partial charge in [0.2, 0.25) is 0 Å². The second-order valence-electron chi connectivity index (χ2n) is 4.87. The van der Waals surface area contributed by atoms with E-state index < -0.39 is 0 Å². The number of allylic oxidation sites excluding steroid dienone is 1. The molecular weight excluding hydrogens is 314 g/mol. The number of anilines is 1. The van der Waals surface area contributed by atoms with Crippen LogP contribution < -0.4 is 14.8 Å². The molecule has 0 aliphatic heterocycles. The fourth-order valence-corrected chi connectivity index (χ4v) is 2.23. The van der Waals surface area contributed by atoms with E-state index in [2.05, 4.69) is 5.32 Å². The first-order valence-electron chi connectivity index (χ1n) is 7.00. The molecule has 4 nitrogen and oxygen atoms in total. The molecule has 120 valence electrons. The van der Waals surface area contributed by atoms with E-state index in [-0.39, 0.29) is 5.78 Å². The molecule has 2 aromatic rings. The molecule has 1 N–H and O–H groups in total. The molecule has 23 heavy (non-hydrogen) atoms. The van der Waals surface area contributed by atoms with Crippen LogP contribution in [0.5, 0.6) is 11.5 Å². The summed E-state index contributed by atoms with van der Waals surface area (Å²) in [6, 6.07) is 10.6. The maximum atomic E-state index is 12.3.